The van der Waals surface area contributed by atoms with E-state index in [1.165, 1.54) is 6.92 Å². The summed E-state index contributed by atoms with van der Waals surface area (Å²) in [6.07, 6.45) is 0.0255. The molecule has 0 heterocycles. The van der Waals surface area contributed by atoms with Gasteiger partial charge in [-0.05, 0) is 13.8 Å². The van der Waals surface area contributed by atoms with Crippen molar-refractivity contribution in [3.8, 4) is 0 Å². The molecule has 8 heavy (non-hydrogen) atoms. The minimum absolute atomic E-state index is 0. The van der Waals surface area contributed by atoms with Crippen molar-refractivity contribution in [1.82, 2.24) is 0 Å². The quantitative estimate of drug-likeness (QED) is 0.384. The van der Waals surface area contributed by atoms with Gasteiger partial charge < -0.3 is 4.74 Å². The van der Waals surface area contributed by atoms with Gasteiger partial charge in [-0.25, -0.2) is 0 Å². The van der Waals surface area contributed by atoms with Crippen LogP contribution in [0.2, 0.25) is 0 Å². The van der Waals surface area contributed by atoms with Gasteiger partial charge in [0.2, 0.25) is 0 Å². The van der Waals surface area contributed by atoms with Gasteiger partial charge in [-0.15, -0.1) is 0 Å². The predicted molar refractivity (Wildman–Crippen MR) is 35.4 cm³/mol. The van der Waals surface area contributed by atoms with E-state index in [4.69, 9.17) is 0 Å². The molecule has 0 amide bonds. The topological polar surface area (TPSA) is 26.3 Å². The first-order valence-electron chi connectivity index (χ1n) is 2.30. The second-order valence-corrected chi connectivity index (χ2v) is 1.66. The summed E-state index contributed by atoms with van der Waals surface area (Å²) < 4.78 is 4.61. The zero-order chi connectivity index (χ0) is 5.86. The number of esters is 1. The molecule has 0 radical (unpaired) electrons. The number of hydrogen-bond donors (Lipinski definition) is 0. The van der Waals surface area contributed by atoms with Crippen molar-refractivity contribution in [3.63, 3.8) is 0 Å². The van der Waals surface area contributed by atoms with Crippen LogP contribution in [0.5, 0.6) is 0 Å². The summed E-state index contributed by atoms with van der Waals surface area (Å²) in [6, 6.07) is 0. The summed E-state index contributed by atoms with van der Waals surface area (Å²) in [5, 5.41) is 0. The van der Waals surface area contributed by atoms with E-state index < -0.39 is 0 Å². The van der Waals surface area contributed by atoms with Gasteiger partial charge in [0, 0.05) is 6.92 Å². The predicted octanol–water partition coefficient (Wildman–Crippen LogP) is 0.0417. The van der Waals surface area contributed by atoms with E-state index in [0.29, 0.717) is 0 Å². The van der Waals surface area contributed by atoms with Crippen molar-refractivity contribution in [3.05, 3.63) is 0 Å². The minimum atomic E-state index is -0.213. The average molecular weight is 144 g/mol. The second kappa shape index (κ2) is 5.86. The summed E-state index contributed by atoms with van der Waals surface area (Å²) in [7, 11) is 0. The van der Waals surface area contributed by atoms with Crippen LogP contribution in [-0.4, -0.2) is 49.8 Å². The fraction of sp³-hybridized carbons (Fsp3) is 0.800. The maximum atomic E-state index is 10.0. The summed E-state index contributed by atoms with van der Waals surface area (Å²) in [5.74, 6) is -0.213. The SMILES string of the molecule is CC(=O)OC(C)C.[CaH2]. The number of ether oxygens (including phenoxy) is 1. The van der Waals surface area contributed by atoms with E-state index in [2.05, 4.69) is 4.74 Å². The molecule has 0 aromatic carbocycles. The molecule has 0 spiro atoms. The van der Waals surface area contributed by atoms with Crippen LogP contribution in [0.4, 0.5) is 0 Å². The maximum absolute atomic E-state index is 10.0. The Morgan fingerprint density at radius 3 is 1.88 bits per heavy atom. The summed E-state index contributed by atoms with van der Waals surface area (Å²) in [5.41, 5.74) is 0. The van der Waals surface area contributed by atoms with Crippen LogP contribution in [0.15, 0.2) is 0 Å². The molecule has 0 fully saturated rings. The zero-order valence-electron chi connectivity index (χ0n) is 4.89. The molecule has 0 bridgehead atoms. The fourth-order valence-electron chi connectivity index (χ4n) is 0.332. The van der Waals surface area contributed by atoms with Gasteiger partial charge in [0.15, 0.2) is 0 Å². The van der Waals surface area contributed by atoms with Crippen LogP contribution < -0.4 is 0 Å². The molecule has 0 aromatic rings. The van der Waals surface area contributed by atoms with Crippen LogP contribution in [0.25, 0.3) is 0 Å². The molecular formula is C5H12CaO2. The van der Waals surface area contributed by atoms with Gasteiger partial charge in [0.1, 0.15) is 0 Å². The Morgan fingerprint density at radius 2 is 1.88 bits per heavy atom. The third-order valence-electron chi connectivity index (χ3n) is 0.402. The van der Waals surface area contributed by atoms with Crippen LogP contribution in [0.3, 0.4) is 0 Å². The van der Waals surface area contributed by atoms with Crippen molar-refractivity contribution in [2.75, 3.05) is 0 Å². The molecule has 0 aromatic heterocycles. The Balaban J connectivity index is 0. The molecule has 0 saturated carbocycles. The molecule has 0 aliphatic rings. The standard InChI is InChI=1S/C5H10O2.Ca.2H/c1-4(2)7-5(3)6;;;/h4H,1-3H3;;;. The summed E-state index contributed by atoms with van der Waals surface area (Å²) in [4.78, 5) is 10.0. The molecule has 0 aliphatic heterocycles. The molecular weight excluding hydrogens is 132 g/mol. The van der Waals surface area contributed by atoms with Crippen LogP contribution in [-0.2, 0) is 9.53 Å². The van der Waals surface area contributed by atoms with E-state index in [1.54, 1.807) is 0 Å². The Morgan fingerprint density at radius 1 is 1.50 bits per heavy atom. The van der Waals surface area contributed by atoms with Crippen LogP contribution in [0, 0.1) is 0 Å². The van der Waals surface area contributed by atoms with Gasteiger partial charge in [-0.3, -0.25) is 4.79 Å². The van der Waals surface area contributed by atoms with Crippen molar-refractivity contribution >= 4 is 43.7 Å². The van der Waals surface area contributed by atoms with E-state index in [-0.39, 0.29) is 49.8 Å². The first-order chi connectivity index (χ1) is 3.13. The molecule has 2 nitrogen and oxygen atoms in total. The molecule has 0 saturated heterocycles. The van der Waals surface area contributed by atoms with Gasteiger partial charge in [0.05, 0.1) is 6.10 Å². The van der Waals surface area contributed by atoms with E-state index in [0.717, 1.165) is 0 Å². The Kier molecular flexibility index (Phi) is 8.43. The van der Waals surface area contributed by atoms with E-state index in [9.17, 15) is 4.79 Å². The zero-order valence-corrected chi connectivity index (χ0v) is 4.89. The Bertz CT molecular complexity index is 70.8. The van der Waals surface area contributed by atoms with Crippen LogP contribution in [0.1, 0.15) is 20.8 Å². The molecule has 3 heteroatoms. The van der Waals surface area contributed by atoms with Crippen molar-refractivity contribution in [2.24, 2.45) is 0 Å². The third-order valence-corrected chi connectivity index (χ3v) is 0.402. The summed E-state index contributed by atoms with van der Waals surface area (Å²) in [6.45, 7) is 5.04. The van der Waals surface area contributed by atoms with E-state index in [1.807, 2.05) is 13.8 Å². The number of rotatable bonds is 1. The fourth-order valence-corrected chi connectivity index (χ4v) is 0.332. The Labute approximate surface area is 79.6 Å². The first kappa shape index (κ1) is 11.5. The normalized spacial score (nSPS) is 8.00. The molecule has 0 rings (SSSR count). The van der Waals surface area contributed by atoms with E-state index >= 15 is 0 Å². The van der Waals surface area contributed by atoms with Crippen molar-refractivity contribution in [2.45, 2.75) is 26.9 Å². The molecule has 46 valence electrons. The van der Waals surface area contributed by atoms with Gasteiger partial charge in [0.25, 0.3) is 0 Å². The molecule has 0 aliphatic carbocycles. The second-order valence-electron chi connectivity index (χ2n) is 1.66. The summed E-state index contributed by atoms with van der Waals surface area (Å²) >= 11 is 0. The average Bonchev–Trinajstić information content (AvgIpc) is 1.27. The number of hydrogen-bond acceptors (Lipinski definition) is 2. The van der Waals surface area contributed by atoms with Gasteiger partial charge in [-0.1, -0.05) is 0 Å². The number of carbonyl (C=O) groups is 1. The monoisotopic (exact) mass is 144 g/mol. The molecule has 0 N–H and O–H groups in total. The van der Waals surface area contributed by atoms with Gasteiger partial charge in [-0.2, -0.15) is 0 Å². The van der Waals surface area contributed by atoms with Crippen molar-refractivity contribution in [1.29, 1.82) is 0 Å². The molecule has 0 unspecified atom stereocenters. The number of carbonyl (C=O) groups excluding carboxylic acids is 1. The van der Waals surface area contributed by atoms with Crippen molar-refractivity contribution < 1.29 is 9.53 Å². The van der Waals surface area contributed by atoms with Gasteiger partial charge >= 0.3 is 43.7 Å². The third kappa shape index (κ3) is 9.88. The van der Waals surface area contributed by atoms with Crippen LogP contribution >= 0.6 is 0 Å². The molecule has 0 atom stereocenters. The Hall–Kier alpha value is 0.730. The first-order valence-corrected chi connectivity index (χ1v) is 2.30.